The smallest absolute Gasteiger partial charge is 0.264 e. The van der Waals surface area contributed by atoms with Crippen molar-refractivity contribution in [2.45, 2.75) is 6.92 Å². The summed E-state index contributed by atoms with van der Waals surface area (Å²) >= 11 is 1.50. The molecule has 0 radical (unpaired) electrons. The van der Waals surface area contributed by atoms with Crippen LogP contribution in [-0.2, 0) is 0 Å². The molecular weight excluding hydrogens is 436 g/mol. The van der Waals surface area contributed by atoms with Crippen LogP contribution in [0.3, 0.4) is 0 Å². The zero-order chi connectivity index (χ0) is 22.9. The molecule has 0 atom stereocenters. The number of rotatable bonds is 4. The van der Waals surface area contributed by atoms with E-state index < -0.39 is 0 Å². The molecule has 33 heavy (non-hydrogen) atoms. The van der Waals surface area contributed by atoms with Crippen LogP contribution < -0.4 is 19.4 Å². The van der Waals surface area contributed by atoms with Gasteiger partial charge >= 0.3 is 0 Å². The van der Waals surface area contributed by atoms with Crippen LogP contribution in [0, 0.1) is 6.92 Å². The van der Waals surface area contributed by atoms with Gasteiger partial charge < -0.3 is 24.3 Å². The fraction of sp³-hybridized carbons (Fsp3) is 0.458. The summed E-state index contributed by atoms with van der Waals surface area (Å²) in [6, 6.07) is 8.16. The standard InChI is InChI=1S/C24H30N6O2S/c1-17-20-22(29-14-12-28(13-15-29)18-6-4-5-7-19(18)32-3)25-16-26-23(20)33-21(17)24(31)30-10-8-27(2)9-11-30/h4-7,16H,8-15H2,1-3H3/p+1. The van der Waals surface area contributed by atoms with Crippen molar-refractivity contribution in [3.8, 4) is 5.75 Å². The van der Waals surface area contributed by atoms with E-state index in [0.29, 0.717) is 0 Å². The monoisotopic (exact) mass is 467 g/mol. The Morgan fingerprint density at radius 1 is 1.03 bits per heavy atom. The van der Waals surface area contributed by atoms with Gasteiger partial charge in [0, 0.05) is 26.2 Å². The molecule has 0 spiro atoms. The van der Waals surface area contributed by atoms with Gasteiger partial charge in [-0.1, -0.05) is 12.1 Å². The van der Waals surface area contributed by atoms with Gasteiger partial charge in [-0.15, -0.1) is 11.3 Å². The molecule has 2 saturated heterocycles. The number of hydrogen-bond donors (Lipinski definition) is 1. The van der Waals surface area contributed by atoms with Crippen LogP contribution in [0.25, 0.3) is 10.2 Å². The van der Waals surface area contributed by atoms with Crippen molar-refractivity contribution in [1.29, 1.82) is 0 Å². The van der Waals surface area contributed by atoms with Crippen LogP contribution in [0.2, 0.25) is 0 Å². The SMILES string of the molecule is COc1ccccc1N1CCN(c2ncnc3sc(C(=O)N4CC[NH+](C)CC4)c(C)c23)CC1. The number of methoxy groups -OCH3 is 1. The lowest BCUT2D eigenvalue weighted by atomic mass is 10.1. The van der Waals surface area contributed by atoms with E-state index in [-0.39, 0.29) is 5.91 Å². The number of quaternary nitrogens is 1. The van der Waals surface area contributed by atoms with E-state index in [4.69, 9.17) is 4.74 Å². The molecular formula is C24H31N6O2S+. The number of ether oxygens (including phenoxy) is 1. The number of likely N-dealkylation sites (N-methyl/N-ethyl adjacent to an activating group) is 1. The van der Waals surface area contributed by atoms with Crippen molar-refractivity contribution in [2.75, 3.05) is 76.3 Å². The maximum Gasteiger partial charge on any atom is 0.264 e. The number of aromatic nitrogens is 2. The number of carbonyl (C=O) groups is 1. The predicted molar refractivity (Wildman–Crippen MR) is 132 cm³/mol. The van der Waals surface area contributed by atoms with Gasteiger partial charge in [0.15, 0.2) is 0 Å². The zero-order valence-corrected chi connectivity index (χ0v) is 20.3. The summed E-state index contributed by atoms with van der Waals surface area (Å²) in [4.78, 5) is 32.3. The van der Waals surface area contributed by atoms with Crippen molar-refractivity contribution >= 4 is 39.0 Å². The van der Waals surface area contributed by atoms with Crippen molar-refractivity contribution in [2.24, 2.45) is 0 Å². The lowest BCUT2D eigenvalue weighted by molar-refractivity contribution is -0.883. The summed E-state index contributed by atoms with van der Waals surface area (Å²) in [5.74, 6) is 1.97. The normalized spacial score (nSPS) is 17.6. The highest BCUT2D eigenvalue weighted by Crippen LogP contribution is 2.36. The molecule has 9 heteroatoms. The molecule has 2 aromatic heterocycles. The molecule has 2 aliphatic heterocycles. The highest BCUT2D eigenvalue weighted by molar-refractivity contribution is 7.20. The Bertz CT molecular complexity index is 1150. The topological polar surface area (TPSA) is 66.2 Å². The van der Waals surface area contributed by atoms with Crippen LogP contribution in [0.1, 0.15) is 15.2 Å². The fourth-order valence-electron chi connectivity index (χ4n) is 4.78. The number of aryl methyl sites for hydroxylation is 1. The summed E-state index contributed by atoms with van der Waals surface area (Å²) in [7, 11) is 3.90. The summed E-state index contributed by atoms with van der Waals surface area (Å²) in [6.45, 7) is 9.12. The van der Waals surface area contributed by atoms with Gasteiger partial charge in [0.25, 0.3) is 5.91 Å². The first-order valence-electron chi connectivity index (χ1n) is 11.5. The Kier molecular flexibility index (Phi) is 6.07. The van der Waals surface area contributed by atoms with E-state index in [0.717, 1.165) is 90.3 Å². The maximum atomic E-state index is 13.3. The number of anilines is 2. The van der Waals surface area contributed by atoms with Crippen molar-refractivity contribution in [3.63, 3.8) is 0 Å². The van der Waals surface area contributed by atoms with Crippen molar-refractivity contribution in [1.82, 2.24) is 14.9 Å². The highest BCUT2D eigenvalue weighted by Gasteiger charge is 2.29. The second-order valence-electron chi connectivity index (χ2n) is 8.83. The molecule has 3 aromatic rings. The zero-order valence-electron chi connectivity index (χ0n) is 19.5. The van der Waals surface area contributed by atoms with E-state index in [1.54, 1.807) is 13.4 Å². The molecule has 8 nitrogen and oxygen atoms in total. The summed E-state index contributed by atoms with van der Waals surface area (Å²) in [6.07, 6.45) is 1.63. The third kappa shape index (κ3) is 4.11. The van der Waals surface area contributed by atoms with Crippen LogP contribution in [-0.4, -0.2) is 87.3 Å². The molecule has 0 unspecified atom stereocenters. The first-order chi connectivity index (χ1) is 16.1. The Balaban J connectivity index is 1.38. The maximum absolute atomic E-state index is 13.3. The van der Waals surface area contributed by atoms with Crippen LogP contribution in [0.4, 0.5) is 11.5 Å². The number of hydrogen-bond acceptors (Lipinski definition) is 7. The van der Waals surface area contributed by atoms with E-state index in [9.17, 15) is 4.79 Å². The van der Waals surface area contributed by atoms with E-state index in [2.05, 4.69) is 32.9 Å². The van der Waals surface area contributed by atoms with E-state index in [1.807, 2.05) is 30.0 Å². The second-order valence-corrected chi connectivity index (χ2v) is 9.83. The number of amides is 1. The molecule has 0 aliphatic carbocycles. The van der Waals surface area contributed by atoms with Gasteiger partial charge in [-0.05, 0) is 24.6 Å². The van der Waals surface area contributed by atoms with E-state index in [1.165, 1.54) is 16.2 Å². The molecule has 174 valence electrons. The van der Waals surface area contributed by atoms with Gasteiger partial charge in [-0.3, -0.25) is 4.79 Å². The number of carbonyl (C=O) groups excluding carboxylic acids is 1. The number of thiophene rings is 1. The molecule has 2 fully saturated rings. The molecule has 0 saturated carbocycles. The number of fused-ring (bicyclic) bond motifs is 1. The Morgan fingerprint density at radius 3 is 2.45 bits per heavy atom. The fourth-order valence-corrected chi connectivity index (χ4v) is 5.89. The van der Waals surface area contributed by atoms with Crippen LogP contribution in [0.5, 0.6) is 5.75 Å². The minimum Gasteiger partial charge on any atom is -0.495 e. The third-order valence-electron chi connectivity index (χ3n) is 6.81. The molecule has 5 rings (SSSR count). The first kappa shape index (κ1) is 21.9. The Labute approximate surface area is 198 Å². The second kappa shape index (κ2) is 9.15. The number of piperazine rings is 2. The molecule has 1 N–H and O–H groups in total. The summed E-state index contributed by atoms with van der Waals surface area (Å²) in [5.41, 5.74) is 2.13. The molecule has 2 aliphatic rings. The lowest BCUT2D eigenvalue weighted by Gasteiger charge is -2.37. The average Bonchev–Trinajstić information content (AvgIpc) is 3.20. The molecule has 1 aromatic carbocycles. The van der Waals surface area contributed by atoms with Gasteiger partial charge in [0.2, 0.25) is 0 Å². The summed E-state index contributed by atoms with van der Waals surface area (Å²) < 4.78 is 5.55. The van der Waals surface area contributed by atoms with Crippen LogP contribution >= 0.6 is 11.3 Å². The quantitative estimate of drug-likeness (QED) is 0.624. The number of nitrogens with one attached hydrogen (secondary N) is 1. The number of nitrogens with zero attached hydrogens (tertiary/aromatic N) is 5. The number of benzene rings is 1. The van der Waals surface area contributed by atoms with Gasteiger partial charge in [0.05, 0.1) is 56.3 Å². The van der Waals surface area contributed by atoms with Gasteiger partial charge in [-0.25, -0.2) is 9.97 Å². The minimum atomic E-state index is 0.134. The van der Waals surface area contributed by atoms with Gasteiger partial charge in [0.1, 0.15) is 22.7 Å². The lowest BCUT2D eigenvalue weighted by Crippen LogP contribution is -3.12. The third-order valence-corrected chi connectivity index (χ3v) is 8.00. The molecule has 1 amide bonds. The highest BCUT2D eigenvalue weighted by atomic mass is 32.1. The summed E-state index contributed by atoms with van der Waals surface area (Å²) in [5, 5.41) is 1.02. The predicted octanol–water partition coefficient (Wildman–Crippen LogP) is 1.31. The Morgan fingerprint density at radius 2 is 1.73 bits per heavy atom. The molecule has 0 bridgehead atoms. The van der Waals surface area contributed by atoms with Crippen molar-refractivity contribution < 1.29 is 14.4 Å². The van der Waals surface area contributed by atoms with E-state index >= 15 is 0 Å². The van der Waals surface area contributed by atoms with Crippen LogP contribution in [0.15, 0.2) is 30.6 Å². The number of para-hydroxylation sites is 2. The molecule has 4 heterocycles. The Hall–Kier alpha value is -2.91. The minimum absolute atomic E-state index is 0.134. The average molecular weight is 468 g/mol. The first-order valence-corrected chi connectivity index (χ1v) is 12.4. The van der Waals surface area contributed by atoms with Crippen molar-refractivity contribution in [3.05, 3.63) is 41.0 Å². The van der Waals surface area contributed by atoms with Gasteiger partial charge in [-0.2, -0.15) is 0 Å². The largest absolute Gasteiger partial charge is 0.495 e.